The van der Waals surface area contributed by atoms with Crippen molar-refractivity contribution in [3.05, 3.63) is 80.5 Å². The monoisotopic (exact) mass is 558 g/mol. The lowest BCUT2D eigenvalue weighted by molar-refractivity contribution is -0.135. The van der Waals surface area contributed by atoms with Crippen LogP contribution >= 0.6 is 22.9 Å². The molecule has 1 aliphatic carbocycles. The van der Waals surface area contributed by atoms with Gasteiger partial charge in [0.1, 0.15) is 12.4 Å². The number of amides is 1. The second-order valence-electron chi connectivity index (χ2n) is 9.93. The second-order valence-corrected chi connectivity index (χ2v) is 13.3. The number of rotatable bonds is 9. The number of carbonyl (C=O) groups is 1. The summed E-state index contributed by atoms with van der Waals surface area (Å²) in [5, 5.41) is 2.52. The minimum absolute atomic E-state index is 0.152. The van der Waals surface area contributed by atoms with Crippen LogP contribution in [0.25, 0.3) is 0 Å². The quantitative estimate of drug-likeness (QED) is 0.342. The molecule has 37 heavy (non-hydrogen) atoms. The smallest absolute Gasteiger partial charge is 0.243 e. The minimum atomic E-state index is -3.84. The molecule has 0 bridgehead atoms. The summed E-state index contributed by atoms with van der Waals surface area (Å²) in [5.41, 5.74) is 3.30. The molecule has 1 saturated carbocycles. The fraction of sp³-hybridized carbons (Fsp3) is 0.393. The largest absolute Gasteiger partial charge is 0.491 e. The van der Waals surface area contributed by atoms with Gasteiger partial charge in [-0.3, -0.25) is 4.79 Å². The van der Waals surface area contributed by atoms with Gasteiger partial charge in [-0.1, -0.05) is 29.3 Å². The van der Waals surface area contributed by atoms with Crippen LogP contribution in [0.5, 0.6) is 5.75 Å². The predicted molar refractivity (Wildman–Crippen MR) is 147 cm³/mol. The fourth-order valence-corrected chi connectivity index (χ4v) is 7.36. The van der Waals surface area contributed by atoms with Crippen LogP contribution in [0.1, 0.15) is 40.5 Å². The van der Waals surface area contributed by atoms with E-state index in [-0.39, 0.29) is 23.4 Å². The Hall–Kier alpha value is -2.39. The van der Waals surface area contributed by atoms with E-state index in [2.05, 4.69) is 12.1 Å². The van der Waals surface area contributed by atoms with Crippen LogP contribution in [-0.4, -0.2) is 49.8 Å². The first-order chi connectivity index (χ1) is 17.7. The van der Waals surface area contributed by atoms with Crippen LogP contribution in [0.15, 0.2) is 58.8 Å². The summed E-state index contributed by atoms with van der Waals surface area (Å²) in [6, 6.07) is 14.0. The number of carbonyl (C=O) groups excluding carboxylic acids is 1. The van der Waals surface area contributed by atoms with Gasteiger partial charge in [-0.25, -0.2) is 8.42 Å². The molecule has 2 aliphatic rings. The first kappa shape index (κ1) is 26.2. The third-order valence-corrected chi connectivity index (χ3v) is 10.1. The molecule has 1 fully saturated rings. The van der Waals surface area contributed by atoms with E-state index in [4.69, 9.17) is 16.3 Å². The number of benzene rings is 2. The van der Waals surface area contributed by atoms with Crippen molar-refractivity contribution in [1.82, 2.24) is 9.21 Å². The number of sulfonamides is 1. The van der Waals surface area contributed by atoms with E-state index in [1.165, 1.54) is 21.3 Å². The van der Waals surface area contributed by atoms with Crippen LogP contribution in [0.2, 0.25) is 5.02 Å². The zero-order chi connectivity index (χ0) is 26.2. The number of hydrogen-bond donors (Lipinski definition) is 0. The first-order valence-electron chi connectivity index (χ1n) is 12.5. The molecule has 0 saturated heterocycles. The molecule has 0 unspecified atom stereocenters. The Morgan fingerprint density at radius 2 is 1.89 bits per heavy atom. The molecule has 1 aliphatic heterocycles. The van der Waals surface area contributed by atoms with Gasteiger partial charge in [0.05, 0.1) is 17.5 Å². The Balaban J connectivity index is 1.38. The Bertz CT molecular complexity index is 1380. The molecule has 0 spiro atoms. The number of hydrogen-bond acceptors (Lipinski definition) is 5. The van der Waals surface area contributed by atoms with Gasteiger partial charge in [0, 0.05) is 23.0 Å². The molecule has 196 valence electrons. The van der Waals surface area contributed by atoms with Crippen molar-refractivity contribution >= 4 is 38.9 Å². The molecule has 0 N–H and O–H groups in total. The maximum Gasteiger partial charge on any atom is 0.243 e. The van der Waals surface area contributed by atoms with Gasteiger partial charge >= 0.3 is 0 Å². The summed E-state index contributed by atoms with van der Waals surface area (Å²) < 4.78 is 34.6. The standard InChI is InChI=1S/C28H31ClN2O4S2/c1-19-3-10-26(20(2)15-19)35-18-25-24-12-14-36-27(24)11-13-31(25)28(32)17-30(16-21-4-5-21)37(33,34)23-8-6-22(29)7-9-23/h3,6-10,12,14-15,21,25H,4-5,11,13,16-18H2,1-2H3/t25-/m1/s1. The highest BCUT2D eigenvalue weighted by Crippen LogP contribution is 2.36. The van der Waals surface area contributed by atoms with Crippen molar-refractivity contribution in [2.75, 3.05) is 26.2 Å². The van der Waals surface area contributed by atoms with Gasteiger partial charge in [-0.15, -0.1) is 11.3 Å². The van der Waals surface area contributed by atoms with E-state index in [1.54, 1.807) is 28.4 Å². The number of thiophene rings is 1. The maximum absolute atomic E-state index is 13.8. The molecule has 1 atom stereocenters. The Morgan fingerprint density at radius 1 is 1.14 bits per heavy atom. The summed E-state index contributed by atoms with van der Waals surface area (Å²) in [6.07, 6.45) is 2.72. The van der Waals surface area contributed by atoms with Crippen molar-refractivity contribution in [3.63, 3.8) is 0 Å². The van der Waals surface area contributed by atoms with Gasteiger partial charge in [-0.05, 0) is 91.9 Å². The molecule has 1 amide bonds. The third-order valence-electron chi connectivity index (χ3n) is 7.06. The average Bonchev–Trinajstić information content (AvgIpc) is 3.55. The molecule has 3 aromatic rings. The summed E-state index contributed by atoms with van der Waals surface area (Å²) >= 11 is 7.67. The molecule has 2 aromatic carbocycles. The minimum Gasteiger partial charge on any atom is -0.491 e. The third kappa shape index (κ3) is 5.87. The number of nitrogens with zero attached hydrogens (tertiary/aromatic N) is 2. The zero-order valence-electron chi connectivity index (χ0n) is 21.0. The lowest BCUT2D eigenvalue weighted by Crippen LogP contribution is -2.48. The SMILES string of the molecule is Cc1ccc(OC[C@@H]2c3ccsc3CCN2C(=O)CN(CC2CC2)S(=O)(=O)c2ccc(Cl)cc2)c(C)c1. The van der Waals surface area contributed by atoms with E-state index in [1.807, 2.05) is 31.4 Å². The molecule has 6 nitrogen and oxygen atoms in total. The van der Waals surface area contributed by atoms with Crippen molar-refractivity contribution in [1.29, 1.82) is 0 Å². The van der Waals surface area contributed by atoms with Crippen molar-refractivity contribution in [2.45, 2.75) is 44.0 Å². The molecule has 2 heterocycles. The Labute approximate surface area is 227 Å². The number of ether oxygens (including phenoxy) is 1. The van der Waals surface area contributed by atoms with Gasteiger partial charge in [-0.2, -0.15) is 4.31 Å². The summed E-state index contributed by atoms with van der Waals surface area (Å²) in [7, 11) is -3.84. The fourth-order valence-electron chi connectivity index (χ4n) is 4.84. The van der Waals surface area contributed by atoms with Crippen LogP contribution in [0.4, 0.5) is 0 Å². The topological polar surface area (TPSA) is 66.9 Å². The molecular weight excluding hydrogens is 528 g/mol. The van der Waals surface area contributed by atoms with Crippen LogP contribution in [0, 0.1) is 19.8 Å². The van der Waals surface area contributed by atoms with Crippen LogP contribution in [-0.2, 0) is 21.2 Å². The number of aryl methyl sites for hydroxylation is 2. The lowest BCUT2D eigenvalue weighted by atomic mass is 10.0. The number of fused-ring (bicyclic) bond motifs is 1. The lowest BCUT2D eigenvalue weighted by Gasteiger charge is -2.37. The summed E-state index contributed by atoms with van der Waals surface area (Å²) in [4.78, 5) is 17.0. The van der Waals surface area contributed by atoms with Crippen LogP contribution in [0.3, 0.4) is 0 Å². The van der Waals surface area contributed by atoms with E-state index in [9.17, 15) is 13.2 Å². The Morgan fingerprint density at radius 3 is 2.59 bits per heavy atom. The maximum atomic E-state index is 13.8. The van der Waals surface area contributed by atoms with E-state index >= 15 is 0 Å². The average molecular weight is 559 g/mol. The second kappa shape index (κ2) is 10.8. The highest BCUT2D eigenvalue weighted by molar-refractivity contribution is 7.89. The van der Waals surface area contributed by atoms with E-state index in [0.29, 0.717) is 30.6 Å². The Kier molecular flexibility index (Phi) is 7.63. The number of halogens is 1. The first-order valence-corrected chi connectivity index (χ1v) is 15.2. The van der Waals surface area contributed by atoms with Crippen molar-refractivity contribution in [3.8, 4) is 5.75 Å². The normalized spacial score (nSPS) is 17.6. The summed E-state index contributed by atoms with van der Waals surface area (Å²) in [6.45, 7) is 5.05. The molecule has 5 rings (SSSR count). The molecule has 1 aromatic heterocycles. The van der Waals surface area contributed by atoms with E-state index in [0.717, 1.165) is 41.7 Å². The van der Waals surface area contributed by atoms with Gasteiger partial charge < -0.3 is 9.64 Å². The highest BCUT2D eigenvalue weighted by atomic mass is 35.5. The van der Waals surface area contributed by atoms with Crippen molar-refractivity contribution in [2.24, 2.45) is 5.92 Å². The zero-order valence-corrected chi connectivity index (χ0v) is 23.4. The van der Waals surface area contributed by atoms with Crippen LogP contribution < -0.4 is 4.74 Å². The predicted octanol–water partition coefficient (Wildman–Crippen LogP) is 5.62. The van der Waals surface area contributed by atoms with Gasteiger partial charge in [0.15, 0.2) is 0 Å². The highest BCUT2D eigenvalue weighted by Gasteiger charge is 2.37. The molecule has 9 heteroatoms. The van der Waals surface area contributed by atoms with E-state index < -0.39 is 10.0 Å². The van der Waals surface area contributed by atoms with Gasteiger partial charge in [0.25, 0.3) is 0 Å². The summed E-state index contributed by atoms with van der Waals surface area (Å²) in [5.74, 6) is 0.883. The molecule has 0 radical (unpaired) electrons. The van der Waals surface area contributed by atoms with Gasteiger partial charge in [0.2, 0.25) is 15.9 Å². The molecular formula is C28H31ClN2O4S2. The van der Waals surface area contributed by atoms with Crippen molar-refractivity contribution < 1.29 is 17.9 Å².